The number of benzene rings is 2. The predicted octanol–water partition coefficient (Wildman–Crippen LogP) is 5.17. The Bertz CT molecular complexity index is 1380. The number of likely N-dealkylation sites (N-methyl/N-ethyl adjacent to an activating group) is 1. The molecule has 1 aromatic heterocycles. The number of fused-ring (bicyclic) bond motifs is 1. The number of amides is 2. The third kappa shape index (κ3) is 5.45. The van der Waals surface area contributed by atoms with Crippen LogP contribution < -0.4 is 5.32 Å². The van der Waals surface area contributed by atoms with Gasteiger partial charge in [-0.2, -0.15) is 0 Å². The molecule has 0 saturated carbocycles. The summed E-state index contributed by atoms with van der Waals surface area (Å²) in [5.74, 6) is 0.672. The third-order valence-electron chi connectivity index (χ3n) is 6.84. The standard InChI is InChI=1S/C30H34N4O3/c1-30(2,3)37-29(36)34-15-14-31-28-24(19-34)16-20(17-32-28)8-13-26(35)33(4)18-23-12-11-22-10-9-21-6-5-7-25(23)27(21)22/h5-8,11-13,16-17H,9-10,14-15,18-19H2,1-4H3,(H,31,32). The van der Waals surface area contributed by atoms with Crippen molar-refractivity contribution in [2.45, 2.75) is 52.3 Å². The summed E-state index contributed by atoms with van der Waals surface area (Å²) in [6.45, 7) is 7.63. The van der Waals surface area contributed by atoms with Crippen LogP contribution in [0.4, 0.5) is 10.6 Å². The molecule has 0 saturated heterocycles. The van der Waals surface area contributed by atoms with E-state index in [1.807, 2.05) is 33.9 Å². The molecular weight excluding hydrogens is 464 g/mol. The average Bonchev–Trinajstić information content (AvgIpc) is 3.15. The number of carbonyl (C=O) groups is 2. The Labute approximate surface area is 218 Å². The van der Waals surface area contributed by atoms with Crippen LogP contribution in [0.15, 0.2) is 48.7 Å². The lowest BCUT2D eigenvalue weighted by molar-refractivity contribution is -0.125. The van der Waals surface area contributed by atoms with Gasteiger partial charge in [0, 0.05) is 44.5 Å². The second-order valence-electron chi connectivity index (χ2n) is 10.9. The topological polar surface area (TPSA) is 74.8 Å². The van der Waals surface area contributed by atoms with Crippen LogP contribution in [0, 0.1) is 0 Å². The van der Waals surface area contributed by atoms with Crippen LogP contribution in [0.5, 0.6) is 0 Å². The molecule has 1 aliphatic carbocycles. The van der Waals surface area contributed by atoms with Gasteiger partial charge in [-0.25, -0.2) is 9.78 Å². The van der Waals surface area contributed by atoms with Crippen LogP contribution in [-0.4, -0.2) is 52.5 Å². The minimum absolute atomic E-state index is 0.0771. The first kappa shape index (κ1) is 24.8. The number of pyridine rings is 1. The highest BCUT2D eigenvalue weighted by molar-refractivity contribution is 5.94. The van der Waals surface area contributed by atoms with Crippen LogP contribution in [0.1, 0.15) is 48.6 Å². The fraction of sp³-hybridized carbons (Fsp3) is 0.367. The lowest BCUT2D eigenvalue weighted by Crippen LogP contribution is -2.37. The molecule has 7 nitrogen and oxygen atoms in total. The first-order chi connectivity index (χ1) is 17.7. The van der Waals surface area contributed by atoms with Gasteiger partial charge in [0.25, 0.3) is 0 Å². The van der Waals surface area contributed by atoms with E-state index in [-0.39, 0.29) is 12.0 Å². The summed E-state index contributed by atoms with van der Waals surface area (Å²) in [6.07, 6.45) is 6.94. The third-order valence-corrected chi connectivity index (χ3v) is 6.84. The number of nitrogens with zero attached hydrogens (tertiary/aromatic N) is 3. The van der Waals surface area contributed by atoms with E-state index in [0.717, 1.165) is 35.3 Å². The van der Waals surface area contributed by atoms with E-state index in [1.165, 1.54) is 21.9 Å². The van der Waals surface area contributed by atoms with Gasteiger partial charge in [0.1, 0.15) is 11.4 Å². The molecule has 7 heteroatoms. The molecule has 3 aromatic rings. The number of hydrogen-bond donors (Lipinski definition) is 1. The van der Waals surface area contributed by atoms with Crippen LogP contribution in [0.2, 0.25) is 0 Å². The van der Waals surface area contributed by atoms with E-state index in [2.05, 4.69) is 40.6 Å². The SMILES string of the molecule is CN(Cc1ccc2c3c(cccc13)CC2)C(=O)C=Cc1cnc2c(c1)CN(C(=O)OC(C)(C)C)CCN2. The van der Waals surface area contributed by atoms with Crippen LogP contribution in [0.25, 0.3) is 16.8 Å². The lowest BCUT2D eigenvalue weighted by atomic mass is 9.99. The fourth-order valence-corrected chi connectivity index (χ4v) is 5.05. The molecule has 2 amide bonds. The molecule has 0 spiro atoms. The largest absolute Gasteiger partial charge is 0.444 e. The zero-order chi connectivity index (χ0) is 26.2. The van der Waals surface area contributed by atoms with E-state index in [1.54, 1.807) is 28.1 Å². The summed E-state index contributed by atoms with van der Waals surface area (Å²) < 4.78 is 5.55. The van der Waals surface area contributed by atoms with E-state index in [0.29, 0.717) is 26.2 Å². The summed E-state index contributed by atoms with van der Waals surface area (Å²) in [6, 6.07) is 12.8. The molecule has 0 unspecified atom stereocenters. The van der Waals surface area contributed by atoms with Crippen molar-refractivity contribution in [1.29, 1.82) is 0 Å². The van der Waals surface area contributed by atoms with Crippen molar-refractivity contribution in [3.05, 3.63) is 76.5 Å². The molecule has 0 fully saturated rings. The van der Waals surface area contributed by atoms with Crippen molar-refractivity contribution < 1.29 is 14.3 Å². The maximum absolute atomic E-state index is 13.0. The first-order valence-electron chi connectivity index (χ1n) is 12.8. The molecule has 5 rings (SSSR count). The van der Waals surface area contributed by atoms with Gasteiger partial charge < -0.3 is 19.9 Å². The van der Waals surface area contributed by atoms with E-state index in [9.17, 15) is 9.59 Å². The second-order valence-corrected chi connectivity index (χ2v) is 10.9. The molecule has 0 bridgehead atoms. The zero-order valence-corrected chi connectivity index (χ0v) is 22.0. The monoisotopic (exact) mass is 498 g/mol. The molecule has 2 aliphatic rings. The van der Waals surface area contributed by atoms with Gasteiger partial charge >= 0.3 is 6.09 Å². The van der Waals surface area contributed by atoms with Gasteiger partial charge in [-0.3, -0.25) is 4.79 Å². The smallest absolute Gasteiger partial charge is 0.410 e. The first-order valence-corrected chi connectivity index (χ1v) is 12.8. The minimum Gasteiger partial charge on any atom is -0.444 e. The Morgan fingerprint density at radius 2 is 1.92 bits per heavy atom. The molecule has 1 N–H and O–H groups in total. The molecule has 1 aliphatic heterocycles. The molecule has 2 aromatic carbocycles. The molecule has 0 atom stereocenters. The normalized spacial score (nSPS) is 14.9. The molecular formula is C30H34N4O3. The summed E-state index contributed by atoms with van der Waals surface area (Å²) >= 11 is 0. The van der Waals surface area contributed by atoms with Gasteiger partial charge in [0.05, 0.1) is 6.54 Å². The Kier molecular flexibility index (Phi) is 6.63. The number of anilines is 1. The van der Waals surface area contributed by atoms with Gasteiger partial charge in [-0.15, -0.1) is 0 Å². The zero-order valence-electron chi connectivity index (χ0n) is 22.0. The summed E-state index contributed by atoms with van der Waals surface area (Å²) in [5.41, 5.74) is 5.10. The van der Waals surface area contributed by atoms with Gasteiger partial charge in [-0.05, 0) is 78.8 Å². The highest BCUT2D eigenvalue weighted by atomic mass is 16.6. The van der Waals surface area contributed by atoms with Crippen molar-refractivity contribution in [3.63, 3.8) is 0 Å². The predicted molar refractivity (Wildman–Crippen MR) is 146 cm³/mol. The minimum atomic E-state index is -0.554. The van der Waals surface area contributed by atoms with Crippen molar-refractivity contribution in [2.75, 3.05) is 25.5 Å². The number of nitrogens with one attached hydrogen (secondary N) is 1. The van der Waals surface area contributed by atoms with E-state index < -0.39 is 5.60 Å². The van der Waals surface area contributed by atoms with Crippen molar-refractivity contribution >= 4 is 34.7 Å². The van der Waals surface area contributed by atoms with Crippen LogP contribution in [-0.2, 0) is 35.5 Å². The maximum Gasteiger partial charge on any atom is 0.410 e. The Balaban J connectivity index is 1.28. The highest BCUT2D eigenvalue weighted by Crippen LogP contribution is 2.33. The molecule has 0 radical (unpaired) electrons. The Morgan fingerprint density at radius 1 is 1.14 bits per heavy atom. The number of rotatable bonds is 4. The van der Waals surface area contributed by atoms with Gasteiger partial charge in [0.2, 0.25) is 5.91 Å². The number of aromatic nitrogens is 1. The van der Waals surface area contributed by atoms with Crippen molar-refractivity contribution in [2.24, 2.45) is 0 Å². The number of aryl methyl sites for hydroxylation is 2. The molecule has 2 heterocycles. The highest BCUT2D eigenvalue weighted by Gasteiger charge is 2.25. The van der Waals surface area contributed by atoms with Crippen LogP contribution >= 0.6 is 0 Å². The lowest BCUT2D eigenvalue weighted by Gasteiger charge is -2.26. The van der Waals surface area contributed by atoms with E-state index >= 15 is 0 Å². The quantitative estimate of drug-likeness (QED) is 0.503. The Morgan fingerprint density at radius 3 is 2.70 bits per heavy atom. The summed E-state index contributed by atoms with van der Waals surface area (Å²) in [4.78, 5) is 33.5. The Hall–Kier alpha value is -3.87. The average molecular weight is 499 g/mol. The van der Waals surface area contributed by atoms with Crippen LogP contribution in [0.3, 0.4) is 0 Å². The molecule has 192 valence electrons. The van der Waals surface area contributed by atoms with Gasteiger partial charge in [-0.1, -0.05) is 30.3 Å². The van der Waals surface area contributed by atoms with Gasteiger partial charge in [0.15, 0.2) is 0 Å². The number of ether oxygens (including phenoxy) is 1. The van der Waals surface area contributed by atoms with Crippen molar-refractivity contribution in [3.8, 4) is 0 Å². The second kappa shape index (κ2) is 9.88. The number of hydrogen-bond acceptors (Lipinski definition) is 5. The summed E-state index contributed by atoms with van der Waals surface area (Å²) in [5, 5.41) is 5.88. The van der Waals surface area contributed by atoms with Crippen molar-refractivity contribution in [1.82, 2.24) is 14.8 Å². The maximum atomic E-state index is 13.0. The summed E-state index contributed by atoms with van der Waals surface area (Å²) in [7, 11) is 1.83. The molecule has 37 heavy (non-hydrogen) atoms. The van der Waals surface area contributed by atoms with E-state index in [4.69, 9.17) is 4.74 Å². The number of carbonyl (C=O) groups excluding carboxylic acids is 2. The fourth-order valence-electron chi connectivity index (χ4n) is 5.05.